The number of hydrogen-bond donors (Lipinski definition) is 6. The molecule has 0 spiro atoms. The average Bonchev–Trinajstić information content (AvgIpc) is 2.75. The molecular formula is C26H31NO8. The van der Waals surface area contributed by atoms with Gasteiger partial charge >= 0.3 is 0 Å². The van der Waals surface area contributed by atoms with Crippen molar-refractivity contribution in [3.8, 4) is 5.75 Å². The summed E-state index contributed by atoms with van der Waals surface area (Å²) in [5, 5.41) is 56.1. The standard InChI is InChI=1S/C26H31NO8/c1-6-10-7-11(25(3,4)5)19(29)17-14(10)9(2)15-18(21(17)31)23(33)26(35)12(20(15)30)8-13(28)16(22(26)32)24(27)34/h7,9,12,15,20,29-32,35H,6,8H2,1-5H3,(H2,27,34)/t9-,12+,15+,20+,26+/m0/s1. The highest BCUT2D eigenvalue weighted by molar-refractivity contribution is 6.23. The zero-order chi connectivity index (χ0) is 26.4. The SMILES string of the molecule is CCc1cc(C(C)(C)C)c(O)c2c1[C@H](C)[C@@H]1C(=C2O)C(=O)[C@]2(O)C(O)=C(C(N)=O)C(=O)C[C@@H]2[C@H]1O. The first-order chi connectivity index (χ1) is 16.1. The molecule has 9 nitrogen and oxygen atoms in total. The third-order valence-corrected chi connectivity index (χ3v) is 7.87. The minimum atomic E-state index is -2.83. The molecule has 1 saturated carbocycles. The van der Waals surface area contributed by atoms with Crippen molar-refractivity contribution in [2.75, 3.05) is 0 Å². The van der Waals surface area contributed by atoms with Gasteiger partial charge in [0.1, 0.15) is 22.8 Å². The van der Waals surface area contributed by atoms with Crippen molar-refractivity contribution < 1.29 is 39.9 Å². The lowest BCUT2D eigenvalue weighted by molar-refractivity contribution is -0.160. The van der Waals surface area contributed by atoms with Crippen LogP contribution in [0.25, 0.3) is 5.76 Å². The van der Waals surface area contributed by atoms with E-state index in [9.17, 15) is 39.9 Å². The number of nitrogens with two attached hydrogens (primary N) is 1. The highest BCUT2D eigenvalue weighted by atomic mass is 16.4. The van der Waals surface area contributed by atoms with Crippen LogP contribution in [0.4, 0.5) is 0 Å². The zero-order valence-electron chi connectivity index (χ0n) is 20.3. The molecule has 1 aromatic carbocycles. The predicted molar refractivity (Wildman–Crippen MR) is 126 cm³/mol. The molecule has 3 aliphatic carbocycles. The summed E-state index contributed by atoms with van der Waals surface area (Å²) in [7, 11) is 0. The molecular weight excluding hydrogens is 454 g/mol. The minimum absolute atomic E-state index is 0.0427. The van der Waals surface area contributed by atoms with Gasteiger partial charge in [0.25, 0.3) is 5.91 Å². The molecule has 0 heterocycles. The summed E-state index contributed by atoms with van der Waals surface area (Å²) < 4.78 is 0. The highest BCUT2D eigenvalue weighted by Gasteiger charge is 2.65. The molecule has 5 atom stereocenters. The molecule has 4 rings (SSSR count). The Hall–Kier alpha value is -3.17. The number of carbonyl (C=O) groups is 3. The number of Topliss-reactive ketones (excluding diaryl/α,β-unsaturated/α-hetero) is 2. The normalized spacial score (nSPS) is 30.7. The fourth-order valence-corrected chi connectivity index (χ4v) is 6.12. The molecule has 0 saturated heterocycles. The van der Waals surface area contributed by atoms with E-state index in [0.717, 1.165) is 5.56 Å². The minimum Gasteiger partial charge on any atom is -0.508 e. The van der Waals surface area contributed by atoms with Crippen molar-refractivity contribution >= 4 is 23.2 Å². The van der Waals surface area contributed by atoms with Gasteiger partial charge in [-0.15, -0.1) is 0 Å². The predicted octanol–water partition coefficient (Wildman–Crippen LogP) is 1.82. The van der Waals surface area contributed by atoms with Crippen LogP contribution in [0, 0.1) is 11.8 Å². The Labute approximate surface area is 202 Å². The first kappa shape index (κ1) is 24.9. The fraction of sp³-hybridized carbons (Fsp3) is 0.500. The average molecular weight is 486 g/mol. The molecule has 35 heavy (non-hydrogen) atoms. The van der Waals surface area contributed by atoms with Gasteiger partial charge in [0, 0.05) is 29.4 Å². The van der Waals surface area contributed by atoms with Gasteiger partial charge in [0.15, 0.2) is 11.4 Å². The van der Waals surface area contributed by atoms with Gasteiger partial charge in [0.05, 0.1) is 11.7 Å². The number of benzene rings is 1. The summed E-state index contributed by atoms with van der Waals surface area (Å²) in [5.74, 6) is -8.47. The fourth-order valence-electron chi connectivity index (χ4n) is 6.12. The smallest absolute Gasteiger partial charge is 0.255 e. The van der Waals surface area contributed by atoms with E-state index in [1.54, 1.807) is 6.92 Å². The van der Waals surface area contributed by atoms with Gasteiger partial charge in [0.2, 0.25) is 5.78 Å². The van der Waals surface area contributed by atoms with Crippen LogP contribution in [0.1, 0.15) is 69.2 Å². The number of fused-ring (bicyclic) bond motifs is 3. The molecule has 1 aromatic rings. The first-order valence-electron chi connectivity index (χ1n) is 11.6. The Kier molecular flexibility index (Phi) is 5.46. The van der Waals surface area contributed by atoms with Gasteiger partial charge < -0.3 is 31.3 Å². The van der Waals surface area contributed by atoms with Crippen LogP contribution in [0.3, 0.4) is 0 Å². The number of phenols is 1. The number of primary amides is 1. The lowest BCUT2D eigenvalue weighted by atomic mass is 9.55. The molecule has 1 fully saturated rings. The second-order valence-electron chi connectivity index (χ2n) is 10.8. The van der Waals surface area contributed by atoms with E-state index in [-0.39, 0.29) is 16.9 Å². The van der Waals surface area contributed by atoms with Gasteiger partial charge in [-0.05, 0) is 28.9 Å². The molecule has 0 bridgehead atoms. The molecule has 3 aliphatic rings. The van der Waals surface area contributed by atoms with Crippen LogP contribution < -0.4 is 5.73 Å². The van der Waals surface area contributed by atoms with Gasteiger partial charge in [-0.1, -0.05) is 40.7 Å². The lowest BCUT2D eigenvalue weighted by Gasteiger charge is -2.50. The first-order valence-corrected chi connectivity index (χ1v) is 11.6. The Bertz CT molecular complexity index is 1250. The van der Waals surface area contributed by atoms with Crippen LogP contribution in [0.2, 0.25) is 0 Å². The maximum Gasteiger partial charge on any atom is 0.255 e. The maximum absolute atomic E-state index is 13.7. The number of aliphatic hydroxyl groups excluding tert-OH is 3. The molecule has 7 N–H and O–H groups in total. The summed E-state index contributed by atoms with van der Waals surface area (Å²) in [4.78, 5) is 38.1. The van der Waals surface area contributed by atoms with E-state index in [0.29, 0.717) is 17.5 Å². The molecule has 0 aliphatic heterocycles. The van der Waals surface area contributed by atoms with E-state index in [2.05, 4.69) is 0 Å². The summed E-state index contributed by atoms with van der Waals surface area (Å²) in [5.41, 5.74) is 2.57. The summed E-state index contributed by atoms with van der Waals surface area (Å²) >= 11 is 0. The molecule has 0 aromatic heterocycles. The number of amides is 1. The van der Waals surface area contributed by atoms with E-state index in [1.807, 2.05) is 33.8 Å². The summed E-state index contributed by atoms with van der Waals surface area (Å²) in [6.07, 6.45) is -1.58. The van der Waals surface area contributed by atoms with Crippen LogP contribution in [0.5, 0.6) is 5.75 Å². The number of ketones is 2. The van der Waals surface area contributed by atoms with Crippen molar-refractivity contribution in [2.45, 2.75) is 70.5 Å². The molecule has 1 amide bonds. The van der Waals surface area contributed by atoms with Gasteiger partial charge in [-0.2, -0.15) is 0 Å². The van der Waals surface area contributed by atoms with Crippen LogP contribution in [-0.2, 0) is 26.2 Å². The quantitative estimate of drug-likeness (QED) is 0.343. The second kappa shape index (κ2) is 7.66. The summed E-state index contributed by atoms with van der Waals surface area (Å²) in [6.45, 7) is 9.33. The van der Waals surface area contributed by atoms with E-state index >= 15 is 0 Å². The lowest BCUT2D eigenvalue weighted by Crippen LogP contribution is -2.64. The molecule has 0 unspecified atom stereocenters. The molecule has 188 valence electrons. The number of rotatable bonds is 2. The van der Waals surface area contributed by atoms with Crippen LogP contribution in [0.15, 0.2) is 23.0 Å². The maximum atomic E-state index is 13.7. The van der Waals surface area contributed by atoms with Crippen molar-refractivity contribution in [3.63, 3.8) is 0 Å². The topological polar surface area (TPSA) is 178 Å². The van der Waals surface area contributed by atoms with Gasteiger partial charge in [-0.3, -0.25) is 14.4 Å². The third kappa shape index (κ3) is 3.11. The van der Waals surface area contributed by atoms with E-state index in [4.69, 9.17) is 5.73 Å². The Morgan fingerprint density at radius 1 is 1.20 bits per heavy atom. The van der Waals surface area contributed by atoms with Gasteiger partial charge in [-0.25, -0.2) is 0 Å². The number of carbonyl (C=O) groups excluding carboxylic acids is 3. The van der Waals surface area contributed by atoms with Crippen molar-refractivity contribution in [1.29, 1.82) is 0 Å². The van der Waals surface area contributed by atoms with Crippen molar-refractivity contribution in [2.24, 2.45) is 17.6 Å². The molecule has 9 heteroatoms. The zero-order valence-corrected chi connectivity index (χ0v) is 20.3. The number of phenolic OH excluding ortho intramolecular Hbond substituents is 1. The molecule has 0 radical (unpaired) electrons. The van der Waals surface area contributed by atoms with Crippen molar-refractivity contribution in [3.05, 3.63) is 45.2 Å². The third-order valence-electron chi connectivity index (χ3n) is 7.87. The van der Waals surface area contributed by atoms with E-state index < -0.39 is 75.9 Å². The number of aromatic hydroxyl groups is 1. The highest BCUT2D eigenvalue weighted by Crippen LogP contribution is 2.57. The monoisotopic (exact) mass is 485 g/mol. The Morgan fingerprint density at radius 3 is 2.31 bits per heavy atom. The van der Waals surface area contributed by atoms with Crippen molar-refractivity contribution in [1.82, 2.24) is 0 Å². The Balaban J connectivity index is 2.07. The largest absolute Gasteiger partial charge is 0.508 e. The second-order valence-corrected chi connectivity index (χ2v) is 10.8. The number of aryl methyl sites for hydroxylation is 1. The van der Waals surface area contributed by atoms with Crippen LogP contribution >= 0.6 is 0 Å². The van der Waals surface area contributed by atoms with E-state index in [1.165, 1.54) is 0 Å². The number of hydrogen-bond acceptors (Lipinski definition) is 8. The van der Waals surface area contributed by atoms with Crippen LogP contribution in [-0.4, -0.2) is 54.7 Å². The summed E-state index contributed by atoms with van der Waals surface area (Å²) in [6, 6.07) is 1.86. The Morgan fingerprint density at radius 2 is 1.80 bits per heavy atom. The number of aliphatic hydroxyl groups is 4.